The van der Waals surface area contributed by atoms with Crippen LogP contribution in [0.25, 0.3) is 0 Å². The molecule has 0 fully saturated rings. The standard InChI is InChI=1S/C18H19N3/c1-15-20(18-12-8-7-11-17(18)19)13-14-21(15,2)16-9-5-3-4-6-10-16/h3,5,9,11-14,17-18H,4,19H2,1-2H3/q+2/t17-,18?,21?/m0/s1. The van der Waals surface area contributed by atoms with Gasteiger partial charge in [0.15, 0.2) is 11.9 Å². The monoisotopic (exact) mass is 277 g/mol. The highest BCUT2D eigenvalue weighted by atomic mass is 15.4. The molecule has 2 N–H and O–H groups in total. The minimum atomic E-state index is -0.0773. The third-order valence-electron chi connectivity index (χ3n) is 4.23. The number of hydrogen-bond donors (Lipinski definition) is 1. The van der Waals surface area contributed by atoms with Crippen LogP contribution in [0.3, 0.4) is 0 Å². The van der Waals surface area contributed by atoms with Crippen molar-refractivity contribution in [3.63, 3.8) is 0 Å². The molecule has 21 heavy (non-hydrogen) atoms. The largest absolute Gasteiger partial charge is 0.351 e. The van der Waals surface area contributed by atoms with Crippen molar-refractivity contribution in [3.8, 4) is 11.8 Å². The maximum atomic E-state index is 6.17. The summed E-state index contributed by atoms with van der Waals surface area (Å²) in [6, 6.07) is 0.00354. The molecule has 0 spiro atoms. The first kappa shape index (κ1) is 13.6. The molecule has 1 aliphatic heterocycles. The van der Waals surface area contributed by atoms with Gasteiger partial charge >= 0.3 is 5.84 Å². The van der Waals surface area contributed by atoms with Gasteiger partial charge in [0.2, 0.25) is 12.2 Å². The lowest BCUT2D eigenvalue weighted by atomic mass is 10.1. The van der Waals surface area contributed by atoms with Crippen molar-refractivity contribution in [2.45, 2.75) is 25.4 Å². The third kappa shape index (κ3) is 2.28. The van der Waals surface area contributed by atoms with Gasteiger partial charge in [-0.1, -0.05) is 29.5 Å². The van der Waals surface area contributed by atoms with Crippen LogP contribution in [0.5, 0.6) is 0 Å². The molecule has 0 aromatic heterocycles. The zero-order chi connectivity index (χ0) is 14.9. The summed E-state index contributed by atoms with van der Waals surface area (Å²) in [6.45, 7) is 2.12. The highest BCUT2D eigenvalue weighted by molar-refractivity contribution is 5.71. The molecule has 0 saturated heterocycles. The molecule has 2 unspecified atom stereocenters. The fraction of sp³-hybridized carbons (Fsp3) is 0.278. The van der Waals surface area contributed by atoms with E-state index in [4.69, 9.17) is 5.73 Å². The maximum absolute atomic E-state index is 6.17. The van der Waals surface area contributed by atoms with Crippen LogP contribution in [0.4, 0.5) is 0 Å². The van der Waals surface area contributed by atoms with Crippen LogP contribution < -0.4 is 5.73 Å². The van der Waals surface area contributed by atoms with E-state index < -0.39 is 0 Å². The average Bonchev–Trinajstić information content (AvgIpc) is 2.71. The Morgan fingerprint density at radius 3 is 2.95 bits per heavy atom. The third-order valence-corrected chi connectivity index (χ3v) is 4.23. The average molecular weight is 277 g/mol. The van der Waals surface area contributed by atoms with Crippen LogP contribution >= 0.6 is 0 Å². The predicted molar refractivity (Wildman–Crippen MR) is 83.8 cm³/mol. The van der Waals surface area contributed by atoms with E-state index in [-0.39, 0.29) is 12.1 Å². The van der Waals surface area contributed by atoms with Crippen LogP contribution in [0.2, 0.25) is 0 Å². The predicted octanol–water partition coefficient (Wildman–Crippen LogP) is 1.77. The Hall–Kier alpha value is -2.33. The quantitative estimate of drug-likeness (QED) is 0.354. The minimum Gasteiger partial charge on any atom is -0.318 e. The zero-order valence-corrected chi connectivity index (χ0v) is 12.4. The molecule has 3 rings (SSSR count). The number of amidine groups is 1. The summed E-state index contributed by atoms with van der Waals surface area (Å²) in [5.74, 6) is 7.63. The van der Waals surface area contributed by atoms with E-state index in [0.717, 1.165) is 12.1 Å². The molecule has 0 radical (unpaired) electrons. The first-order valence-electron chi connectivity index (χ1n) is 7.10. The Labute approximate surface area is 125 Å². The van der Waals surface area contributed by atoms with E-state index in [1.54, 1.807) is 0 Å². The topological polar surface area (TPSA) is 29.0 Å². The number of rotatable bonds is 2. The van der Waals surface area contributed by atoms with E-state index in [1.807, 2.05) is 12.2 Å². The zero-order valence-electron chi connectivity index (χ0n) is 12.4. The molecule has 1 heterocycles. The Bertz CT molecular complexity index is 754. The summed E-state index contributed by atoms with van der Waals surface area (Å²) >= 11 is 0. The van der Waals surface area contributed by atoms with Crippen LogP contribution in [0, 0.1) is 11.8 Å². The molecule has 3 aliphatic rings. The molecule has 3 atom stereocenters. The van der Waals surface area contributed by atoms with E-state index in [0.29, 0.717) is 4.48 Å². The number of nitrogens with zero attached hydrogens (tertiary/aromatic N) is 2. The molecular weight excluding hydrogens is 258 g/mol. The van der Waals surface area contributed by atoms with Gasteiger partial charge in [0.1, 0.15) is 0 Å². The van der Waals surface area contributed by atoms with E-state index in [2.05, 4.69) is 72.5 Å². The summed E-state index contributed by atoms with van der Waals surface area (Å²) in [5.41, 5.74) is 13.2. The number of allylic oxidation sites excluding steroid dienone is 4. The van der Waals surface area contributed by atoms with Gasteiger partial charge in [-0.15, -0.1) is 4.58 Å². The SMILES string of the molecule is CC1=[N+](C2C=C=C=C[C@@H]2N)C=C[N+]1(C)C1=CC=CCC#C1. The lowest BCUT2D eigenvalue weighted by Gasteiger charge is -2.22. The Balaban J connectivity index is 2.02. The summed E-state index contributed by atoms with van der Waals surface area (Å²) in [5, 5.41) is 0. The van der Waals surface area contributed by atoms with Crippen molar-refractivity contribution in [1.29, 1.82) is 0 Å². The van der Waals surface area contributed by atoms with E-state index in [9.17, 15) is 0 Å². The number of hydrogen-bond acceptors (Lipinski definition) is 1. The molecule has 0 aromatic rings. The van der Waals surface area contributed by atoms with Crippen molar-refractivity contribution in [2.75, 3.05) is 7.05 Å². The summed E-state index contributed by atoms with van der Waals surface area (Å²) < 4.78 is 2.79. The van der Waals surface area contributed by atoms with Crippen LogP contribution in [0.1, 0.15) is 13.3 Å². The van der Waals surface area contributed by atoms with Gasteiger partial charge in [-0.2, -0.15) is 4.48 Å². The minimum absolute atomic E-state index is 0.0773. The molecule has 0 aromatic carbocycles. The molecule has 0 amide bonds. The van der Waals surface area contributed by atoms with Crippen molar-refractivity contribution >= 4 is 5.84 Å². The van der Waals surface area contributed by atoms with Crippen LogP contribution in [-0.2, 0) is 0 Å². The van der Waals surface area contributed by atoms with Crippen molar-refractivity contribution in [3.05, 3.63) is 59.9 Å². The van der Waals surface area contributed by atoms with Crippen LogP contribution in [-0.4, -0.2) is 34.0 Å². The lowest BCUT2D eigenvalue weighted by Crippen LogP contribution is -2.46. The van der Waals surface area contributed by atoms with Crippen LogP contribution in [0.15, 0.2) is 59.9 Å². The van der Waals surface area contributed by atoms with Gasteiger partial charge in [-0.05, 0) is 12.0 Å². The highest BCUT2D eigenvalue weighted by Crippen LogP contribution is 2.24. The molecule has 104 valence electrons. The van der Waals surface area contributed by atoms with Gasteiger partial charge in [0.05, 0.1) is 20.0 Å². The number of nitrogens with two attached hydrogens (primary N) is 1. The summed E-state index contributed by atoms with van der Waals surface area (Å²) in [7, 11) is 2.15. The molecule has 3 nitrogen and oxygen atoms in total. The van der Waals surface area contributed by atoms with Gasteiger partial charge in [0.25, 0.3) is 0 Å². The molecular formula is C18H19N3+2. The maximum Gasteiger partial charge on any atom is 0.351 e. The second-order valence-corrected chi connectivity index (χ2v) is 5.50. The normalized spacial score (nSPS) is 33.0. The van der Waals surface area contributed by atoms with Gasteiger partial charge in [-0.3, -0.25) is 0 Å². The van der Waals surface area contributed by atoms with Gasteiger partial charge < -0.3 is 5.73 Å². The highest BCUT2D eigenvalue weighted by Gasteiger charge is 2.44. The van der Waals surface area contributed by atoms with E-state index in [1.165, 1.54) is 5.84 Å². The van der Waals surface area contributed by atoms with Crippen molar-refractivity contribution in [1.82, 2.24) is 0 Å². The first-order valence-corrected chi connectivity index (χ1v) is 7.10. The molecule has 0 bridgehead atoms. The Morgan fingerprint density at radius 2 is 2.14 bits per heavy atom. The molecule has 0 saturated carbocycles. The lowest BCUT2D eigenvalue weighted by molar-refractivity contribution is -0.734. The number of quaternary nitrogens is 1. The molecule has 3 heteroatoms. The first-order chi connectivity index (χ1) is 10.1. The van der Waals surface area contributed by atoms with Crippen molar-refractivity contribution < 1.29 is 9.06 Å². The second kappa shape index (κ2) is 5.22. The van der Waals surface area contributed by atoms with Gasteiger partial charge in [-0.25, -0.2) is 0 Å². The molecule has 2 aliphatic carbocycles. The van der Waals surface area contributed by atoms with Gasteiger partial charge in [0, 0.05) is 18.6 Å². The van der Waals surface area contributed by atoms with E-state index >= 15 is 0 Å². The summed E-state index contributed by atoms with van der Waals surface area (Å²) in [6.07, 6.45) is 15.1. The smallest absolute Gasteiger partial charge is 0.318 e. The second-order valence-electron chi connectivity index (χ2n) is 5.50. The summed E-state index contributed by atoms with van der Waals surface area (Å²) in [4.78, 5) is 0. The Morgan fingerprint density at radius 1 is 1.33 bits per heavy atom. The fourth-order valence-electron chi connectivity index (χ4n) is 2.72. The Kier molecular flexibility index (Phi) is 3.39. The van der Waals surface area contributed by atoms with Crippen molar-refractivity contribution in [2.24, 2.45) is 5.73 Å². The fourth-order valence-corrected chi connectivity index (χ4v) is 2.72.